The first kappa shape index (κ1) is 77.3. The Kier molecular flexibility index (Phi) is 30.3. The molecule has 14 unspecified atom stereocenters. The smallest absolute Gasteiger partial charge is 0.691 e. The summed E-state index contributed by atoms with van der Waals surface area (Å²) >= 11 is -0.0818. The molecule has 0 saturated carbocycles. The quantitative estimate of drug-likeness (QED) is 0.0123. The fraction of sp³-hybridized carbons (Fsp3) is 0.574. The zero-order chi connectivity index (χ0) is 68.3. The number of fused-ring (bicyclic) bond motifs is 2. The number of piperazine rings is 1. The van der Waals surface area contributed by atoms with E-state index < -0.39 is 183 Å². The van der Waals surface area contributed by atoms with Crippen LogP contribution in [0.2, 0.25) is 0 Å². The summed E-state index contributed by atoms with van der Waals surface area (Å²) in [6.07, 6.45) is -9.44. The summed E-state index contributed by atoms with van der Waals surface area (Å²) in [5.41, 5.74) is 6.92. The Morgan fingerprint density at radius 1 is 0.726 bits per heavy atom. The van der Waals surface area contributed by atoms with Gasteiger partial charge in [-0.15, -0.1) is 4.33 Å². The Bertz CT molecular complexity index is 3050. The van der Waals surface area contributed by atoms with Crippen LogP contribution in [0.4, 0.5) is 11.4 Å². The Hall–Kier alpha value is -6.67. The van der Waals surface area contributed by atoms with Gasteiger partial charge in [-0.3, -0.25) is 43.4 Å². The largest absolute Gasteiger partial charge is 1.00 e. The maximum atomic E-state index is 14.7. The number of aliphatic hydroxyl groups is 7. The minimum absolute atomic E-state index is 0. The van der Waals surface area contributed by atoms with E-state index in [0.717, 1.165) is 90.8 Å². The van der Waals surface area contributed by atoms with Crippen LogP contribution in [0.5, 0.6) is 17.2 Å². The molecule has 0 bridgehead atoms. The van der Waals surface area contributed by atoms with Crippen LogP contribution in [0.25, 0.3) is 0 Å². The van der Waals surface area contributed by atoms with Crippen molar-refractivity contribution in [3.8, 4) is 17.2 Å². The Morgan fingerprint density at radius 2 is 1.32 bits per heavy atom. The van der Waals surface area contributed by atoms with Gasteiger partial charge in [0.05, 0.1) is 43.5 Å². The van der Waals surface area contributed by atoms with Crippen LogP contribution >= 0.6 is 12.3 Å². The molecule has 15 N–H and O–H groups in total. The van der Waals surface area contributed by atoms with E-state index in [1.165, 1.54) is 25.5 Å². The number of nitrogens with one attached hydrogen (secondary N) is 5. The molecule has 0 spiro atoms. The van der Waals surface area contributed by atoms with Gasteiger partial charge in [0, 0.05) is 95.2 Å². The number of ether oxygens (including phenoxy) is 2. The predicted octanol–water partition coefficient (Wildman–Crippen LogP) is -6.43. The Balaban J connectivity index is 0.0000143. The van der Waals surface area contributed by atoms with Gasteiger partial charge in [-0.05, 0) is 86.0 Å². The number of carbonyl (C=O) groups excluding carboxylic acids is 8. The van der Waals surface area contributed by atoms with E-state index >= 15 is 0 Å². The van der Waals surface area contributed by atoms with Crippen LogP contribution in [-0.2, 0) is 47.7 Å². The molecule has 518 valence electrons. The van der Waals surface area contributed by atoms with Gasteiger partial charge >= 0.3 is 29.6 Å². The molecule has 32 nitrogen and oxygen atoms in total. The molecule has 4 heterocycles. The predicted molar refractivity (Wildman–Crippen MR) is 331 cm³/mol. The minimum atomic E-state index is -2.53. The van der Waals surface area contributed by atoms with Gasteiger partial charge in [-0.25, -0.2) is 0 Å². The average Bonchev–Trinajstić information content (AvgIpc) is 1.53. The number of β-amino-alcohol motifs (C(OH)–C–C–N with tert-alkyl or cyclic N) is 1. The van der Waals surface area contributed by atoms with Crippen molar-refractivity contribution in [2.75, 3.05) is 75.9 Å². The average molecular weight is 1370 g/mol. The topological polar surface area (TPSA) is 467 Å². The monoisotopic (exact) mass is 1360 g/mol. The van der Waals surface area contributed by atoms with Crippen molar-refractivity contribution < 1.29 is 137 Å². The number of amides is 8. The summed E-state index contributed by atoms with van der Waals surface area (Å²) in [5.74, 6) is -11.0. The molecule has 8 amide bonds. The second-order valence-electron chi connectivity index (χ2n) is 23.8. The number of primary amides is 1. The summed E-state index contributed by atoms with van der Waals surface area (Å²) in [4.78, 5) is 120. The molecule has 3 aromatic carbocycles. The van der Waals surface area contributed by atoms with Gasteiger partial charge in [0.2, 0.25) is 41.4 Å². The third-order valence-electron chi connectivity index (χ3n) is 16.9. The molecule has 0 radical (unpaired) electrons. The van der Waals surface area contributed by atoms with Crippen LogP contribution < -0.4 is 85.9 Å². The maximum Gasteiger partial charge on any atom is 1.00 e. The van der Waals surface area contributed by atoms with E-state index in [-0.39, 0.29) is 53.0 Å². The molecule has 4 saturated heterocycles. The molecular weight excluding hydrogens is 1280 g/mol. The third-order valence-corrected chi connectivity index (χ3v) is 17.3. The maximum absolute atomic E-state index is 14.7. The number of benzene rings is 3. The van der Waals surface area contributed by atoms with Gasteiger partial charge in [0.1, 0.15) is 54.2 Å². The minimum Gasteiger partial charge on any atom is -0.691 e. The van der Waals surface area contributed by atoms with Crippen molar-refractivity contribution in [3.05, 3.63) is 77.9 Å². The number of anilines is 2. The molecule has 4 fully saturated rings. The number of hydrogen-bond acceptors (Lipinski definition) is 25. The van der Waals surface area contributed by atoms with E-state index in [2.05, 4.69) is 45.8 Å². The molecule has 34 heteroatoms. The zero-order valence-corrected chi connectivity index (χ0v) is 56.0. The van der Waals surface area contributed by atoms with Crippen molar-refractivity contribution in [2.24, 2.45) is 11.7 Å². The summed E-state index contributed by atoms with van der Waals surface area (Å²) in [7, 11) is 1.71. The Labute approximate surface area is 574 Å². The number of phenolic OH excluding ortho intramolecular Hbond substituents is 1. The Morgan fingerprint density at radius 3 is 1.93 bits per heavy atom. The number of nitrogens with zero attached hydrogens (tertiary/aromatic N) is 4. The number of hydrogen-bond donors (Lipinski definition) is 14. The zero-order valence-electron chi connectivity index (χ0n) is 53.2. The van der Waals surface area contributed by atoms with E-state index in [9.17, 15) is 84.5 Å². The molecule has 4 aliphatic heterocycles. The summed E-state index contributed by atoms with van der Waals surface area (Å²) in [6.45, 7) is 4.80. The van der Waals surface area contributed by atoms with Crippen molar-refractivity contribution >= 4 is 71.0 Å². The van der Waals surface area contributed by atoms with E-state index in [0.29, 0.717) is 32.8 Å². The molecule has 4 aliphatic rings. The number of rotatable bonds is 25. The van der Waals surface area contributed by atoms with Crippen LogP contribution in [-0.4, -0.2) is 237 Å². The number of nitrogens with two attached hydrogens (primary N) is 1. The van der Waals surface area contributed by atoms with Gasteiger partial charge in [0.25, 0.3) is 18.2 Å². The standard InChI is InChI=1S/C61H86N10O22S.Na/c1-33-31-71-51(52(33)78)59(85)63-30-39(73)27-42(64-55(81)35-10-13-37(14-11-35)68-20-22-69(23-21-68)38-15-17-41(18-16-38)90-25-9-7-5-4-6-8-24-89-3)56(82)65-48(34(2)72)60(86)70-32-40(74)28-43(70)57(83)67-50(58(84)66-49(61(71)87)45(76)29-47(62)77)54(80)53(79)36-12-19-44(75)46(26-36)91-94-93-92-88;/h10-19,26,33-34,39-40,42-43,45,48-54,72-76,78-80,88H,4-9,20-25,27-32H2,1-3H3,(H2,62,77)(H,63,85)(H,64,81)(H,65,82)(H,66,84)(H,67,83);/q;+1/p-1. The van der Waals surface area contributed by atoms with Gasteiger partial charge in [0.15, 0.2) is 11.5 Å². The molecule has 0 aliphatic carbocycles. The number of methoxy groups -OCH3 is 1. The first-order valence-corrected chi connectivity index (χ1v) is 31.7. The third kappa shape index (κ3) is 21.2. The molecular formula is C61H85N10NaO22S. The van der Waals surface area contributed by atoms with Crippen LogP contribution in [0, 0.1) is 5.92 Å². The van der Waals surface area contributed by atoms with E-state index in [4.69, 9.17) is 19.4 Å². The SMILES string of the molecule is COCCCCCCCCOc1ccc(N2CCN(c3ccc(C(=O)NC4CC(O)CNC(=O)C5C(O)C(C)CN5C(=O)C(C(O)CC(N)=O)NC(=O)C(C(O)C(O)c5ccc(O)c(OSOO[O-])c5)NC(=O)C5CC(O)CN5C(=O)C(C(C)O)NC4=O)cc3)CC2)cc1.[Na+]. The number of unbranched alkanes of at least 4 members (excludes halogenated alkanes) is 5. The molecule has 95 heavy (non-hydrogen) atoms. The number of phenols is 1. The first-order chi connectivity index (χ1) is 44.9. The number of aliphatic hydroxyl groups excluding tert-OH is 7. The van der Waals surface area contributed by atoms with Crippen molar-refractivity contribution in [1.29, 1.82) is 0 Å². The van der Waals surface area contributed by atoms with Crippen LogP contribution in [0.3, 0.4) is 0 Å². The van der Waals surface area contributed by atoms with Crippen molar-refractivity contribution in [3.63, 3.8) is 0 Å². The second kappa shape index (κ2) is 37.2. The summed E-state index contributed by atoms with van der Waals surface area (Å²) < 4.78 is 20.2. The second-order valence-corrected chi connectivity index (χ2v) is 24.3. The van der Waals surface area contributed by atoms with E-state index in [1.54, 1.807) is 19.2 Å². The van der Waals surface area contributed by atoms with Crippen molar-refractivity contribution in [2.45, 2.75) is 151 Å². The molecule has 3 aromatic rings. The summed E-state index contributed by atoms with van der Waals surface area (Å²) in [5, 5.41) is 116. The van der Waals surface area contributed by atoms with Gasteiger partial charge < -0.3 is 112 Å². The normalized spacial score (nSPS) is 25.5. The molecule has 7 rings (SSSR count). The first-order valence-electron chi connectivity index (χ1n) is 31.0. The van der Waals surface area contributed by atoms with Gasteiger partial charge in [-0.2, -0.15) is 0 Å². The molecule has 14 atom stereocenters. The summed E-state index contributed by atoms with van der Waals surface area (Å²) in [6, 6.07) is 5.12. The number of aromatic hydroxyl groups is 1. The van der Waals surface area contributed by atoms with Crippen LogP contribution in [0.15, 0.2) is 66.7 Å². The number of carbonyl (C=O) groups is 8. The fourth-order valence-electron chi connectivity index (χ4n) is 11.7. The fourth-order valence-corrected chi connectivity index (χ4v) is 12.0. The molecule has 0 aromatic heterocycles. The van der Waals surface area contributed by atoms with Crippen molar-refractivity contribution in [1.82, 2.24) is 36.4 Å². The van der Waals surface area contributed by atoms with Crippen LogP contribution in [0.1, 0.15) is 93.7 Å². The van der Waals surface area contributed by atoms with Gasteiger partial charge in [-0.1, -0.05) is 38.7 Å². The van der Waals surface area contributed by atoms with E-state index in [1.807, 2.05) is 24.3 Å².